The lowest BCUT2D eigenvalue weighted by Gasteiger charge is -2.01. The van der Waals surface area contributed by atoms with E-state index in [9.17, 15) is 13.6 Å². The Morgan fingerprint density at radius 1 is 1.36 bits per heavy atom. The van der Waals surface area contributed by atoms with Gasteiger partial charge in [-0.25, -0.2) is 13.8 Å². The van der Waals surface area contributed by atoms with Crippen LogP contribution in [0.3, 0.4) is 0 Å². The molecule has 0 bridgehead atoms. The molecule has 2 N–H and O–H groups in total. The zero-order chi connectivity index (χ0) is 17.8. The van der Waals surface area contributed by atoms with Crippen LogP contribution in [0.15, 0.2) is 33.8 Å². The van der Waals surface area contributed by atoms with Gasteiger partial charge in [0, 0.05) is 11.5 Å². The van der Waals surface area contributed by atoms with Gasteiger partial charge in [-0.2, -0.15) is 9.36 Å². The van der Waals surface area contributed by atoms with Crippen LogP contribution in [0.2, 0.25) is 0 Å². The fourth-order valence-corrected chi connectivity index (χ4v) is 4.00. The molecule has 2 aromatic heterocycles. The van der Waals surface area contributed by atoms with Crippen molar-refractivity contribution in [1.82, 2.24) is 14.3 Å². The van der Waals surface area contributed by atoms with E-state index in [-0.39, 0.29) is 16.7 Å². The summed E-state index contributed by atoms with van der Waals surface area (Å²) in [6, 6.07) is 7.41. The van der Waals surface area contributed by atoms with Crippen molar-refractivity contribution < 1.29 is 18.4 Å². The highest BCUT2D eigenvalue weighted by atomic mass is 32.2. The van der Waals surface area contributed by atoms with E-state index in [2.05, 4.69) is 24.3 Å². The Hall–Kier alpha value is -2.18. The summed E-state index contributed by atoms with van der Waals surface area (Å²) < 4.78 is 29.7. The van der Waals surface area contributed by atoms with Crippen molar-refractivity contribution >= 4 is 60.8 Å². The second kappa shape index (κ2) is 7.80. The highest BCUT2D eigenvalue weighted by molar-refractivity contribution is 8.16. The maximum Gasteiger partial charge on any atom is 0.274 e. The van der Waals surface area contributed by atoms with Gasteiger partial charge in [-0.05, 0) is 23.9 Å². The van der Waals surface area contributed by atoms with E-state index >= 15 is 0 Å². The minimum atomic E-state index is -2.72. The topological polar surface area (TPSA) is 103 Å². The smallest absolute Gasteiger partial charge is 0.274 e. The van der Waals surface area contributed by atoms with Crippen LogP contribution in [0.5, 0.6) is 0 Å². The number of anilines is 1. The first-order valence-corrected chi connectivity index (χ1v) is 9.09. The average Bonchev–Trinajstić information content (AvgIpc) is 3.16. The molecule has 0 atom stereocenters. The SMILES string of the molecule is Nc1nc(/C(=N/OCC(F)F)C(=O)Sc2nc3ccccc3s2)ns1. The molecule has 0 radical (unpaired) electrons. The van der Waals surface area contributed by atoms with Gasteiger partial charge < -0.3 is 10.6 Å². The number of oxime groups is 1. The fourth-order valence-electron chi connectivity index (χ4n) is 1.68. The predicted molar refractivity (Wildman–Crippen MR) is 93.3 cm³/mol. The second-order valence-electron chi connectivity index (χ2n) is 4.42. The number of benzene rings is 1. The summed E-state index contributed by atoms with van der Waals surface area (Å²) in [5, 5.41) is 3.01. The molecular weight excluding hydrogens is 392 g/mol. The van der Waals surface area contributed by atoms with E-state index in [0.717, 1.165) is 33.5 Å². The Morgan fingerprint density at radius 2 is 2.16 bits per heavy atom. The van der Waals surface area contributed by atoms with E-state index in [0.29, 0.717) is 4.34 Å². The number of nitrogens with zero attached hydrogens (tertiary/aromatic N) is 4. The van der Waals surface area contributed by atoms with Crippen LogP contribution in [-0.4, -0.2) is 38.2 Å². The minimum Gasteiger partial charge on any atom is -0.389 e. The van der Waals surface area contributed by atoms with Gasteiger partial charge in [-0.3, -0.25) is 4.79 Å². The first-order chi connectivity index (χ1) is 12.0. The van der Waals surface area contributed by atoms with Crippen molar-refractivity contribution in [2.24, 2.45) is 5.16 Å². The number of nitrogens with two attached hydrogens (primary N) is 1. The third kappa shape index (κ3) is 4.46. The quantitative estimate of drug-likeness (QED) is 0.385. The van der Waals surface area contributed by atoms with Crippen LogP contribution in [-0.2, 0) is 9.63 Å². The summed E-state index contributed by atoms with van der Waals surface area (Å²) in [6.07, 6.45) is -2.72. The van der Waals surface area contributed by atoms with Gasteiger partial charge in [-0.1, -0.05) is 17.3 Å². The highest BCUT2D eigenvalue weighted by Crippen LogP contribution is 2.30. The maximum atomic E-state index is 12.5. The lowest BCUT2D eigenvalue weighted by molar-refractivity contribution is -0.105. The number of hydrogen-bond acceptors (Lipinski definition) is 10. The third-order valence-electron chi connectivity index (χ3n) is 2.66. The average molecular weight is 401 g/mol. The number of carbonyl (C=O) groups excluding carboxylic acids is 1. The second-order valence-corrected chi connectivity index (χ2v) is 7.45. The van der Waals surface area contributed by atoms with Gasteiger partial charge in [0.15, 0.2) is 16.1 Å². The van der Waals surface area contributed by atoms with E-state index in [1.807, 2.05) is 24.3 Å². The van der Waals surface area contributed by atoms with Crippen molar-refractivity contribution in [3.8, 4) is 0 Å². The molecule has 0 unspecified atom stereocenters. The van der Waals surface area contributed by atoms with Crippen LogP contribution in [0.1, 0.15) is 5.82 Å². The van der Waals surface area contributed by atoms with Crippen molar-refractivity contribution in [2.75, 3.05) is 12.3 Å². The van der Waals surface area contributed by atoms with Crippen LogP contribution in [0.25, 0.3) is 10.2 Å². The molecule has 3 aromatic rings. The Morgan fingerprint density at radius 3 is 2.84 bits per heavy atom. The molecule has 3 rings (SSSR count). The van der Waals surface area contributed by atoms with Crippen molar-refractivity contribution in [3.63, 3.8) is 0 Å². The molecule has 2 heterocycles. The molecule has 0 saturated carbocycles. The maximum absolute atomic E-state index is 12.5. The zero-order valence-electron chi connectivity index (χ0n) is 12.3. The Labute approximate surface area is 152 Å². The van der Waals surface area contributed by atoms with E-state index in [4.69, 9.17) is 5.73 Å². The number of fused-ring (bicyclic) bond motifs is 1. The number of alkyl halides is 2. The first kappa shape index (κ1) is 17.6. The third-order valence-corrected chi connectivity index (χ3v) is 5.18. The van der Waals surface area contributed by atoms with Crippen LogP contribution in [0.4, 0.5) is 13.9 Å². The molecule has 0 amide bonds. The Bertz CT molecular complexity index is 894. The summed E-state index contributed by atoms with van der Waals surface area (Å²) in [5.41, 5.74) is 5.96. The van der Waals surface area contributed by atoms with Crippen molar-refractivity contribution in [2.45, 2.75) is 10.8 Å². The molecule has 0 aliphatic rings. The lowest BCUT2D eigenvalue weighted by atomic mass is 10.3. The molecule has 0 spiro atoms. The van der Waals surface area contributed by atoms with Gasteiger partial charge >= 0.3 is 0 Å². The summed E-state index contributed by atoms with van der Waals surface area (Å²) >= 11 is 2.98. The van der Waals surface area contributed by atoms with Crippen LogP contribution in [0, 0.1) is 0 Å². The van der Waals surface area contributed by atoms with Crippen LogP contribution >= 0.6 is 34.6 Å². The highest BCUT2D eigenvalue weighted by Gasteiger charge is 2.23. The van der Waals surface area contributed by atoms with Gasteiger partial charge in [0.05, 0.1) is 10.2 Å². The Balaban J connectivity index is 1.82. The number of halogens is 2. The molecule has 0 aliphatic heterocycles. The van der Waals surface area contributed by atoms with E-state index < -0.39 is 18.1 Å². The molecule has 130 valence electrons. The van der Waals surface area contributed by atoms with Gasteiger partial charge in [0.25, 0.3) is 11.5 Å². The first-order valence-electron chi connectivity index (χ1n) is 6.68. The van der Waals surface area contributed by atoms with Gasteiger partial charge in [-0.15, -0.1) is 11.3 Å². The molecule has 25 heavy (non-hydrogen) atoms. The predicted octanol–water partition coefficient (Wildman–Crippen LogP) is 3.03. The zero-order valence-corrected chi connectivity index (χ0v) is 14.7. The van der Waals surface area contributed by atoms with Gasteiger partial charge in [0.1, 0.15) is 0 Å². The fraction of sp³-hybridized carbons (Fsp3) is 0.154. The number of nitrogen functional groups attached to an aromatic ring is 1. The minimum absolute atomic E-state index is 0.0737. The van der Waals surface area contributed by atoms with E-state index in [1.54, 1.807) is 0 Å². The summed E-state index contributed by atoms with van der Waals surface area (Å²) in [4.78, 5) is 25.2. The number of carbonyl (C=O) groups is 1. The number of para-hydroxylation sites is 1. The monoisotopic (exact) mass is 401 g/mol. The number of thioether (sulfide) groups is 1. The summed E-state index contributed by atoms with van der Waals surface area (Å²) in [7, 11) is 0. The number of hydrogen-bond donors (Lipinski definition) is 1. The molecule has 12 heteroatoms. The summed E-state index contributed by atoms with van der Waals surface area (Å²) in [5.74, 6) is -0.0737. The summed E-state index contributed by atoms with van der Waals surface area (Å²) in [6.45, 7) is -0.942. The van der Waals surface area contributed by atoms with Crippen molar-refractivity contribution in [1.29, 1.82) is 0 Å². The number of thiazole rings is 1. The lowest BCUT2D eigenvalue weighted by Crippen LogP contribution is -2.15. The standard InChI is InChI=1S/C13H9F2N5O2S3/c14-8(15)5-22-19-9(10-18-12(16)25-20-10)11(21)24-13-17-6-3-1-2-4-7(6)23-13/h1-4,8H,5H2,(H2,16,18,20)/b19-9-. The number of aromatic nitrogens is 3. The largest absolute Gasteiger partial charge is 0.389 e. The molecule has 7 nitrogen and oxygen atoms in total. The molecule has 0 saturated heterocycles. The number of rotatable bonds is 6. The molecule has 1 aromatic carbocycles. The molecule has 0 aliphatic carbocycles. The van der Waals surface area contributed by atoms with Crippen LogP contribution < -0.4 is 5.73 Å². The van der Waals surface area contributed by atoms with E-state index in [1.165, 1.54) is 11.3 Å². The molecular formula is C13H9F2N5O2S3. The normalized spacial score (nSPS) is 12.0. The Kier molecular flexibility index (Phi) is 5.50. The molecule has 0 fully saturated rings. The van der Waals surface area contributed by atoms with Gasteiger partial charge in [0.2, 0.25) is 11.5 Å². The van der Waals surface area contributed by atoms with Crippen molar-refractivity contribution in [3.05, 3.63) is 30.1 Å².